The first-order valence-electron chi connectivity index (χ1n) is 6.37. The molecule has 0 unspecified atom stereocenters. The first-order valence-corrected chi connectivity index (χ1v) is 6.37. The van der Waals surface area contributed by atoms with E-state index in [2.05, 4.69) is 10.6 Å². The van der Waals surface area contributed by atoms with Crippen LogP contribution in [-0.2, 0) is 4.79 Å². The van der Waals surface area contributed by atoms with Crippen LogP contribution in [0.4, 0.5) is 0 Å². The van der Waals surface area contributed by atoms with Crippen molar-refractivity contribution < 1.29 is 9.59 Å². The summed E-state index contributed by atoms with van der Waals surface area (Å²) in [6.07, 6.45) is 0.894. The minimum absolute atomic E-state index is 0.0315. The molecule has 1 rings (SSSR count). The summed E-state index contributed by atoms with van der Waals surface area (Å²) in [6, 6.07) is 8.87. The van der Waals surface area contributed by atoms with E-state index in [1.165, 1.54) is 0 Å². The van der Waals surface area contributed by atoms with Gasteiger partial charge in [0.2, 0.25) is 5.91 Å². The molecule has 2 amide bonds. The second kappa shape index (κ2) is 8.26. The second-order valence-corrected chi connectivity index (χ2v) is 4.32. The zero-order valence-corrected chi connectivity index (χ0v) is 11.5. The van der Waals surface area contributed by atoms with Crippen LogP contribution in [0.25, 0.3) is 0 Å². The molecule has 0 radical (unpaired) electrons. The van der Waals surface area contributed by atoms with Gasteiger partial charge in [-0.1, -0.05) is 18.2 Å². The molecule has 0 atom stereocenters. The lowest BCUT2D eigenvalue weighted by Crippen LogP contribution is -2.39. The highest BCUT2D eigenvalue weighted by atomic mass is 16.2. The molecular formula is C14H21N3O2. The molecule has 104 valence electrons. The summed E-state index contributed by atoms with van der Waals surface area (Å²) in [4.78, 5) is 25.1. The van der Waals surface area contributed by atoms with E-state index in [9.17, 15) is 9.59 Å². The van der Waals surface area contributed by atoms with Crippen molar-refractivity contribution >= 4 is 11.8 Å². The second-order valence-electron chi connectivity index (χ2n) is 4.32. The zero-order valence-electron chi connectivity index (χ0n) is 11.5. The van der Waals surface area contributed by atoms with E-state index >= 15 is 0 Å². The lowest BCUT2D eigenvalue weighted by molar-refractivity contribution is -0.128. The van der Waals surface area contributed by atoms with Gasteiger partial charge in [0, 0.05) is 19.2 Å². The third-order valence-electron chi connectivity index (χ3n) is 2.78. The van der Waals surface area contributed by atoms with Crippen LogP contribution in [0.15, 0.2) is 30.3 Å². The number of rotatable bonds is 7. The van der Waals surface area contributed by atoms with Crippen LogP contribution in [0.5, 0.6) is 0 Å². The normalized spacial score (nSPS) is 10.0. The molecule has 0 fully saturated rings. The molecule has 0 aromatic heterocycles. The van der Waals surface area contributed by atoms with Crippen LogP contribution in [0.3, 0.4) is 0 Å². The minimum atomic E-state index is -0.224. The molecule has 1 aromatic carbocycles. The Kier molecular flexibility index (Phi) is 6.60. The van der Waals surface area contributed by atoms with Gasteiger partial charge in [-0.2, -0.15) is 0 Å². The van der Waals surface area contributed by atoms with Crippen LogP contribution in [0.1, 0.15) is 16.8 Å². The van der Waals surface area contributed by atoms with Gasteiger partial charge in [0.1, 0.15) is 0 Å². The van der Waals surface area contributed by atoms with E-state index in [1.54, 1.807) is 36.2 Å². The van der Waals surface area contributed by atoms with Gasteiger partial charge in [-0.15, -0.1) is 0 Å². The highest BCUT2D eigenvalue weighted by Gasteiger charge is 2.10. The molecular weight excluding hydrogens is 242 g/mol. The van der Waals surface area contributed by atoms with E-state index in [4.69, 9.17) is 0 Å². The number of hydrogen-bond acceptors (Lipinski definition) is 3. The fraction of sp³-hybridized carbons (Fsp3) is 0.429. The Hall–Kier alpha value is -1.88. The summed E-state index contributed by atoms with van der Waals surface area (Å²) in [7, 11) is 3.62. The molecule has 0 saturated heterocycles. The first-order chi connectivity index (χ1) is 9.15. The van der Waals surface area contributed by atoms with Crippen molar-refractivity contribution in [2.24, 2.45) is 0 Å². The van der Waals surface area contributed by atoms with Crippen molar-refractivity contribution in [3.05, 3.63) is 35.9 Å². The van der Waals surface area contributed by atoms with Crippen molar-refractivity contribution in [3.8, 4) is 0 Å². The third kappa shape index (κ3) is 5.52. The van der Waals surface area contributed by atoms with E-state index in [0.29, 0.717) is 12.1 Å². The fourth-order valence-electron chi connectivity index (χ4n) is 1.60. The smallest absolute Gasteiger partial charge is 0.251 e. The number of nitrogens with zero attached hydrogens (tertiary/aromatic N) is 1. The molecule has 0 bridgehead atoms. The monoisotopic (exact) mass is 263 g/mol. The molecule has 0 aliphatic rings. The zero-order chi connectivity index (χ0) is 14.1. The highest BCUT2D eigenvalue weighted by molar-refractivity contribution is 5.96. The first kappa shape index (κ1) is 15.2. The average molecular weight is 263 g/mol. The van der Waals surface area contributed by atoms with Crippen LogP contribution in [0.2, 0.25) is 0 Å². The Bertz CT molecular complexity index is 406. The molecule has 0 spiro atoms. The maximum Gasteiger partial charge on any atom is 0.251 e. The molecule has 0 saturated carbocycles. The van der Waals surface area contributed by atoms with E-state index < -0.39 is 0 Å². The van der Waals surface area contributed by atoms with Crippen molar-refractivity contribution in [1.29, 1.82) is 0 Å². The maximum absolute atomic E-state index is 11.8. The van der Waals surface area contributed by atoms with Gasteiger partial charge in [0.15, 0.2) is 0 Å². The van der Waals surface area contributed by atoms with Crippen molar-refractivity contribution in [2.45, 2.75) is 6.42 Å². The molecule has 2 N–H and O–H groups in total. The van der Waals surface area contributed by atoms with Crippen molar-refractivity contribution in [2.75, 3.05) is 33.7 Å². The summed E-state index contributed by atoms with van der Waals surface area (Å²) < 4.78 is 0. The Balaban J connectivity index is 2.32. The fourth-order valence-corrected chi connectivity index (χ4v) is 1.60. The summed E-state index contributed by atoms with van der Waals surface area (Å²) in [6.45, 7) is 1.58. The maximum atomic E-state index is 11.8. The van der Waals surface area contributed by atoms with Gasteiger partial charge >= 0.3 is 0 Å². The average Bonchev–Trinajstić information content (AvgIpc) is 2.45. The Morgan fingerprint density at radius 3 is 2.53 bits per heavy atom. The van der Waals surface area contributed by atoms with Crippen LogP contribution in [-0.4, -0.2) is 50.4 Å². The van der Waals surface area contributed by atoms with Crippen LogP contribution in [0, 0.1) is 0 Å². The number of amides is 2. The standard InChI is InChI=1S/C14H21N3O2/c1-15-9-6-10-17(2)13(18)11-16-14(19)12-7-4-3-5-8-12/h3-5,7-8,15H,6,9-11H2,1-2H3,(H,16,19). The Morgan fingerprint density at radius 1 is 1.21 bits per heavy atom. The van der Waals surface area contributed by atoms with E-state index in [1.807, 2.05) is 13.1 Å². The predicted octanol–water partition coefficient (Wildman–Crippen LogP) is 0.484. The summed E-state index contributed by atoms with van der Waals surface area (Å²) in [5, 5.41) is 5.65. The largest absolute Gasteiger partial charge is 0.344 e. The van der Waals surface area contributed by atoms with Gasteiger partial charge in [0.05, 0.1) is 6.54 Å². The number of carbonyl (C=O) groups excluding carboxylic acids is 2. The Labute approximate surface area is 114 Å². The van der Waals surface area contributed by atoms with Gasteiger partial charge in [0.25, 0.3) is 5.91 Å². The topological polar surface area (TPSA) is 61.4 Å². The molecule has 5 heteroatoms. The molecule has 19 heavy (non-hydrogen) atoms. The summed E-state index contributed by atoms with van der Waals surface area (Å²) >= 11 is 0. The quantitative estimate of drug-likeness (QED) is 0.704. The lowest BCUT2D eigenvalue weighted by atomic mass is 10.2. The lowest BCUT2D eigenvalue weighted by Gasteiger charge is -2.17. The highest BCUT2D eigenvalue weighted by Crippen LogP contribution is 1.97. The number of nitrogens with one attached hydrogen (secondary N) is 2. The van der Waals surface area contributed by atoms with Gasteiger partial charge in [-0.05, 0) is 32.1 Å². The van der Waals surface area contributed by atoms with Crippen LogP contribution >= 0.6 is 0 Å². The van der Waals surface area contributed by atoms with Crippen LogP contribution < -0.4 is 10.6 Å². The number of carbonyl (C=O) groups is 2. The number of hydrogen-bond donors (Lipinski definition) is 2. The molecule has 0 heterocycles. The van der Waals surface area contributed by atoms with Gasteiger partial charge in [-0.3, -0.25) is 9.59 Å². The predicted molar refractivity (Wildman–Crippen MR) is 75.0 cm³/mol. The van der Waals surface area contributed by atoms with Gasteiger partial charge in [-0.25, -0.2) is 0 Å². The van der Waals surface area contributed by atoms with E-state index in [0.717, 1.165) is 13.0 Å². The molecule has 5 nitrogen and oxygen atoms in total. The van der Waals surface area contributed by atoms with Crippen molar-refractivity contribution in [3.63, 3.8) is 0 Å². The SMILES string of the molecule is CNCCCN(C)C(=O)CNC(=O)c1ccccc1. The molecule has 0 aliphatic carbocycles. The van der Waals surface area contributed by atoms with E-state index in [-0.39, 0.29) is 18.4 Å². The summed E-state index contributed by atoms with van der Waals surface area (Å²) in [5.41, 5.74) is 0.563. The Morgan fingerprint density at radius 2 is 1.89 bits per heavy atom. The minimum Gasteiger partial charge on any atom is -0.344 e. The van der Waals surface area contributed by atoms with Gasteiger partial charge < -0.3 is 15.5 Å². The van der Waals surface area contributed by atoms with Crippen molar-refractivity contribution in [1.82, 2.24) is 15.5 Å². The number of benzene rings is 1. The molecule has 1 aromatic rings. The number of likely N-dealkylation sites (N-methyl/N-ethyl adjacent to an activating group) is 1. The third-order valence-corrected chi connectivity index (χ3v) is 2.78. The summed E-state index contributed by atoms with van der Waals surface area (Å²) in [5.74, 6) is -0.307. The molecule has 0 aliphatic heterocycles.